The first-order chi connectivity index (χ1) is 10.5. The van der Waals surface area contributed by atoms with Crippen molar-refractivity contribution in [2.24, 2.45) is 0 Å². The third-order valence-corrected chi connectivity index (χ3v) is 5.28. The Morgan fingerprint density at radius 1 is 0.909 bits per heavy atom. The third kappa shape index (κ3) is 2.66. The van der Waals surface area contributed by atoms with Crippen LogP contribution in [0.2, 0.25) is 0 Å². The molecule has 2 aromatic carbocycles. The van der Waals surface area contributed by atoms with Crippen LogP contribution in [0.5, 0.6) is 0 Å². The molecule has 3 heteroatoms. The number of thiazole rings is 1. The topological polar surface area (TPSA) is 3.88 Å². The van der Waals surface area contributed by atoms with Crippen LogP contribution < -0.4 is 4.57 Å². The van der Waals surface area contributed by atoms with E-state index in [0.717, 1.165) is 11.1 Å². The first kappa shape index (κ1) is 15.2. The molecule has 0 spiro atoms. The molecular weight excluding hydrogens is 293 g/mol. The third-order valence-electron chi connectivity index (χ3n) is 3.86. The maximum atomic E-state index is 13.1. The minimum Gasteiger partial charge on any atom is -0.207 e. The standard InChI is InChI=1S/C19H21FNS/c1-12(2)19-21(13(3)4)17-10-7-15(11-18(17)22-19)14-5-8-16(20)9-6-14/h5-13H,1-4H3/q+1. The van der Waals surface area contributed by atoms with Gasteiger partial charge in [-0.15, -0.1) is 0 Å². The SMILES string of the molecule is CC(C)c1sc2cc(-c3ccc(F)cc3)ccc2[n+]1C(C)C. The van der Waals surface area contributed by atoms with Crippen LogP contribution in [-0.2, 0) is 0 Å². The van der Waals surface area contributed by atoms with Gasteiger partial charge in [0, 0.05) is 12.0 Å². The first-order valence-corrected chi connectivity index (χ1v) is 8.53. The fourth-order valence-electron chi connectivity index (χ4n) is 2.83. The summed E-state index contributed by atoms with van der Waals surface area (Å²) in [5.74, 6) is 0.315. The summed E-state index contributed by atoms with van der Waals surface area (Å²) in [5.41, 5.74) is 3.48. The number of rotatable bonds is 3. The van der Waals surface area contributed by atoms with E-state index in [1.165, 1.54) is 27.4 Å². The van der Waals surface area contributed by atoms with Gasteiger partial charge >= 0.3 is 0 Å². The minimum absolute atomic E-state index is 0.194. The van der Waals surface area contributed by atoms with E-state index in [4.69, 9.17) is 0 Å². The fraction of sp³-hybridized carbons (Fsp3) is 0.316. The van der Waals surface area contributed by atoms with Crippen LogP contribution in [0.3, 0.4) is 0 Å². The Balaban J connectivity index is 2.16. The molecule has 0 aliphatic rings. The Kier molecular flexibility index (Phi) is 4.00. The molecule has 0 unspecified atom stereocenters. The van der Waals surface area contributed by atoms with E-state index in [-0.39, 0.29) is 5.82 Å². The number of halogens is 1. The summed E-state index contributed by atoms with van der Waals surface area (Å²) in [6.07, 6.45) is 0. The number of fused-ring (bicyclic) bond motifs is 1. The summed E-state index contributed by atoms with van der Waals surface area (Å²) < 4.78 is 16.8. The molecule has 1 aromatic heterocycles. The van der Waals surface area contributed by atoms with Gasteiger partial charge in [-0.1, -0.05) is 37.3 Å². The lowest BCUT2D eigenvalue weighted by Gasteiger charge is -2.05. The molecule has 22 heavy (non-hydrogen) atoms. The van der Waals surface area contributed by atoms with Crippen LogP contribution in [0.4, 0.5) is 4.39 Å². The molecule has 0 N–H and O–H groups in total. The van der Waals surface area contributed by atoms with Crippen molar-refractivity contribution in [3.05, 3.63) is 53.3 Å². The lowest BCUT2D eigenvalue weighted by Crippen LogP contribution is -2.39. The quantitative estimate of drug-likeness (QED) is 0.546. The van der Waals surface area contributed by atoms with Crippen LogP contribution in [0.25, 0.3) is 21.3 Å². The molecule has 3 aromatic rings. The van der Waals surface area contributed by atoms with Crippen LogP contribution in [-0.4, -0.2) is 0 Å². The predicted molar refractivity (Wildman–Crippen MR) is 91.9 cm³/mol. The highest BCUT2D eigenvalue weighted by atomic mass is 32.1. The van der Waals surface area contributed by atoms with Crippen molar-refractivity contribution in [2.45, 2.75) is 39.7 Å². The summed E-state index contributed by atoms with van der Waals surface area (Å²) in [7, 11) is 0. The lowest BCUT2D eigenvalue weighted by atomic mass is 10.1. The highest BCUT2D eigenvalue weighted by Gasteiger charge is 2.25. The molecule has 0 atom stereocenters. The van der Waals surface area contributed by atoms with Gasteiger partial charge in [-0.3, -0.25) is 0 Å². The molecule has 0 aliphatic carbocycles. The fourth-order valence-corrected chi connectivity index (χ4v) is 4.15. The summed E-state index contributed by atoms with van der Waals surface area (Å²) in [6.45, 7) is 8.94. The Morgan fingerprint density at radius 2 is 1.55 bits per heavy atom. The Hall–Kier alpha value is -1.74. The van der Waals surface area contributed by atoms with Crippen molar-refractivity contribution >= 4 is 21.6 Å². The number of hydrogen-bond acceptors (Lipinski definition) is 1. The highest BCUT2D eigenvalue weighted by Crippen LogP contribution is 2.31. The average Bonchev–Trinajstić information content (AvgIpc) is 2.86. The first-order valence-electron chi connectivity index (χ1n) is 7.71. The Labute approximate surface area is 135 Å². The molecule has 0 fully saturated rings. The van der Waals surface area contributed by atoms with E-state index in [0.29, 0.717) is 12.0 Å². The molecule has 0 saturated heterocycles. The molecule has 0 radical (unpaired) electrons. The molecular formula is C19H21FNS+. The summed E-state index contributed by atoms with van der Waals surface area (Å²) >= 11 is 1.86. The van der Waals surface area contributed by atoms with Crippen LogP contribution in [0.15, 0.2) is 42.5 Å². The van der Waals surface area contributed by atoms with E-state index >= 15 is 0 Å². The molecule has 0 aliphatic heterocycles. The normalized spacial score (nSPS) is 11.8. The highest BCUT2D eigenvalue weighted by molar-refractivity contribution is 7.18. The van der Waals surface area contributed by atoms with Crippen LogP contribution in [0.1, 0.15) is 44.7 Å². The maximum absolute atomic E-state index is 13.1. The van der Waals surface area contributed by atoms with Gasteiger partial charge in [-0.05, 0) is 49.2 Å². The van der Waals surface area contributed by atoms with Gasteiger partial charge in [0.15, 0.2) is 6.04 Å². The number of nitrogens with zero attached hydrogens (tertiary/aromatic N) is 1. The van der Waals surface area contributed by atoms with Crippen molar-refractivity contribution in [2.75, 3.05) is 0 Å². The van der Waals surface area contributed by atoms with E-state index in [2.05, 4.69) is 50.5 Å². The molecule has 3 rings (SSSR count). The predicted octanol–water partition coefficient (Wildman–Crippen LogP) is 5.70. The van der Waals surface area contributed by atoms with Crippen molar-refractivity contribution in [3.63, 3.8) is 0 Å². The Bertz CT molecular complexity index is 800. The zero-order valence-corrected chi connectivity index (χ0v) is 14.2. The van der Waals surface area contributed by atoms with Gasteiger partial charge in [-0.25, -0.2) is 4.39 Å². The second-order valence-corrected chi connectivity index (χ2v) is 7.31. The van der Waals surface area contributed by atoms with E-state index in [1.807, 2.05) is 23.5 Å². The lowest BCUT2D eigenvalue weighted by molar-refractivity contribution is -0.695. The maximum Gasteiger partial charge on any atom is 0.241 e. The molecule has 1 heterocycles. The zero-order chi connectivity index (χ0) is 15.9. The van der Waals surface area contributed by atoms with Gasteiger partial charge in [0.25, 0.3) is 0 Å². The monoisotopic (exact) mass is 314 g/mol. The Morgan fingerprint density at radius 3 is 2.14 bits per heavy atom. The number of aromatic nitrogens is 1. The van der Waals surface area contributed by atoms with E-state index in [1.54, 1.807) is 0 Å². The van der Waals surface area contributed by atoms with Gasteiger partial charge in [0.05, 0.1) is 0 Å². The minimum atomic E-state index is -0.194. The molecule has 114 valence electrons. The van der Waals surface area contributed by atoms with Gasteiger partial charge in [-0.2, -0.15) is 4.57 Å². The molecule has 0 saturated carbocycles. The summed E-state index contributed by atoms with van der Waals surface area (Å²) in [4.78, 5) is 0. The number of benzene rings is 2. The van der Waals surface area contributed by atoms with Crippen molar-refractivity contribution < 1.29 is 8.96 Å². The van der Waals surface area contributed by atoms with Crippen molar-refractivity contribution in [3.8, 4) is 11.1 Å². The van der Waals surface area contributed by atoms with Crippen LogP contribution >= 0.6 is 11.3 Å². The van der Waals surface area contributed by atoms with Crippen molar-refractivity contribution in [1.82, 2.24) is 0 Å². The van der Waals surface area contributed by atoms with E-state index in [9.17, 15) is 4.39 Å². The second kappa shape index (κ2) is 5.81. The van der Waals surface area contributed by atoms with Gasteiger partial charge < -0.3 is 0 Å². The van der Waals surface area contributed by atoms with Crippen molar-refractivity contribution in [1.29, 1.82) is 0 Å². The smallest absolute Gasteiger partial charge is 0.207 e. The van der Waals surface area contributed by atoms with Gasteiger partial charge in [0.2, 0.25) is 10.5 Å². The summed E-state index contributed by atoms with van der Waals surface area (Å²) in [6, 6.07) is 13.7. The van der Waals surface area contributed by atoms with Gasteiger partial charge in [0.1, 0.15) is 10.5 Å². The average molecular weight is 314 g/mol. The molecule has 0 amide bonds. The molecule has 1 nitrogen and oxygen atoms in total. The zero-order valence-electron chi connectivity index (χ0n) is 13.4. The van der Waals surface area contributed by atoms with Crippen LogP contribution in [0, 0.1) is 5.82 Å². The summed E-state index contributed by atoms with van der Waals surface area (Å²) in [5, 5.41) is 1.40. The number of hydrogen-bond donors (Lipinski definition) is 0. The van der Waals surface area contributed by atoms with E-state index < -0.39 is 0 Å². The largest absolute Gasteiger partial charge is 0.241 e. The molecule has 0 bridgehead atoms. The second-order valence-electron chi connectivity index (χ2n) is 6.25.